The highest BCUT2D eigenvalue weighted by Gasteiger charge is 2.16. The maximum atomic E-state index is 12.3. The molecule has 0 aliphatic heterocycles. The number of carbonyl (C=O) groups excluding carboxylic acids is 1. The highest BCUT2D eigenvalue weighted by atomic mass is 16.4. The highest BCUT2D eigenvalue weighted by Crippen LogP contribution is 2.24. The lowest BCUT2D eigenvalue weighted by molar-refractivity contribution is -0.137. The lowest BCUT2D eigenvalue weighted by atomic mass is 9.89. The van der Waals surface area contributed by atoms with Gasteiger partial charge in [-0.2, -0.15) is 0 Å². The van der Waals surface area contributed by atoms with Gasteiger partial charge in [-0.3, -0.25) is 9.59 Å². The van der Waals surface area contributed by atoms with Crippen LogP contribution in [0.5, 0.6) is 0 Å². The average Bonchev–Trinajstić information content (AvgIpc) is 2.77. The standard InChI is InChI=1S/C24H25N3O3/c28-23(29)17-21(19-6-2-1-3-7-19)16-18-9-11-20(12-10-18)24(30)27-15-14-26-22-8-4-5-13-25-22/h1-13,21H,14-17H2,(H,25,26)(H,27,30)(H,28,29). The second-order valence-corrected chi connectivity index (χ2v) is 7.00. The number of aliphatic carboxylic acids is 1. The summed E-state index contributed by atoms with van der Waals surface area (Å²) >= 11 is 0. The number of amides is 1. The van der Waals surface area contributed by atoms with Crippen LogP contribution >= 0.6 is 0 Å². The summed E-state index contributed by atoms with van der Waals surface area (Å²) in [4.78, 5) is 27.8. The van der Waals surface area contributed by atoms with Crippen LogP contribution in [0.15, 0.2) is 79.0 Å². The molecule has 6 heteroatoms. The van der Waals surface area contributed by atoms with Crippen LogP contribution < -0.4 is 10.6 Å². The predicted octanol–water partition coefficient (Wildman–Crippen LogP) is 3.72. The van der Waals surface area contributed by atoms with Crippen molar-refractivity contribution >= 4 is 17.7 Å². The molecule has 1 aromatic heterocycles. The van der Waals surface area contributed by atoms with Crippen molar-refractivity contribution in [1.29, 1.82) is 0 Å². The number of carboxylic acids is 1. The molecule has 3 aromatic rings. The van der Waals surface area contributed by atoms with Crippen LogP contribution in [0.25, 0.3) is 0 Å². The van der Waals surface area contributed by atoms with E-state index in [9.17, 15) is 14.7 Å². The zero-order chi connectivity index (χ0) is 21.2. The number of nitrogens with zero attached hydrogens (tertiary/aromatic N) is 1. The van der Waals surface area contributed by atoms with Crippen molar-refractivity contribution in [1.82, 2.24) is 10.3 Å². The van der Waals surface area contributed by atoms with Gasteiger partial charge in [0.2, 0.25) is 0 Å². The van der Waals surface area contributed by atoms with Crippen LogP contribution in [0.4, 0.5) is 5.82 Å². The first kappa shape index (κ1) is 21.0. The summed E-state index contributed by atoms with van der Waals surface area (Å²) < 4.78 is 0. The van der Waals surface area contributed by atoms with Crippen molar-refractivity contribution in [3.05, 3.63) is 95.7 Å². The van der Waals surface area contributed by atoms with Gasteiger partial charge in [-0.25, -0.2) is 4.98 Å². The lowest BCUT2D eigenvalue weighted by Gasteiger charge is -2.16. The lowest BCUT2D eigenvalue weighted by Crippen LogP contribution is -2.28. The zero-order valence-electron chi connectivity index (χ0n) is 16.6. The molecular weight excluding hydrogens is 378 g/mol. The van der Waals surface area contributed by atoms with Gasteiger partial charge >= 0.3 is 5.97 Å². The third-order valence-corrected chi connectivity index (χ3v) is 4.77. The van der Waals surface area contributed by atoms with E-state index in [0.29, 0.717) is 25.1 Å². The fourth-order valence-electron chi connectivity index (χ4n) is 3.26. The van der Waals surface area contributed by atoms with Crippen molar-refractivity contribution in [3.8, 4) is 0 Å². The Labute approximate surface area is 176 Å². The van der Waals surface area contributed by atoms with Gasteiger partial charge in [-0.1, -0.05) is 48.5 Å². The van der Waals surface area contributed by atoms with E-state index >= 15 is 0 Å². The summed E-state index contributed by atoms with van der Waals surface area (Å²) in [5, 5.41) is 15.3. The fraction of sp³-hybridized carbons (Fsp3) is 0.208. The molecule has 1 atom stereocenters. The van der Waals surface area contributed by atoms with Gasteiger partial charge in [0.1, 0.15) is 5.82 Å². The molecule has 0 radical (unpaired) electrons. The third kappa shape index (κ3) is 6.44. The molecule has 0 saturated heterocycles. The second-order valence-electron chi connectivity index (χ2n) is 7.00. The van der Waals surface area contributed by atoms with Gasteiger partial charge in [-0.15, -0.1) is 0 Å². The van der Waals surface area contributed by atoms with E-state index in [1.54, 1.807) is 18.3 Å². The molecule has 30 heavy (non-hydrogen) atoms. The maximum Gasteiger partial charge on any atom is 0.303 e. The number of nitrogens with one attached hydrogen (secondary N) is 2. The van der Waals surface area contributed by atoms with Crippen molar-refractivity contribution in [2.24, 2.45) is 0 Å². The second kappa shape index (κ2) is 10.8. The van der Waals surface area contributed by atoms with Gasteiger partial charge in [-0.05, 0) is 47.7 Å². The Morgan fingerprint density at radius 2 is 1.63 bits per heavy atom. The molecule has 0 aliphatic rings. The number of benzene rings is 2. The monoisotopic (exact) mass is 403 g/mol. The van der Waals surface area contributed by atoms with Crippen LogP contribution in [-0.4, -0.2) is 35.1 Å². The normalized spacial score (nSPS) is 11.5. The number of rotatable bonds is 10. The smallest absolute Gasteiger partial charge is 0.303 e. The first-order valence-corrected chi connectivity index (χ1v) is 9.90. The predicted molar refractivity (Wildman–Crippen MR) is 117 cm³/mol. The van der Waals surface area contributed by atoms with E-state index < -0.39 is 5.97 Å². The zero-order valence-corrected chi connectivity index (χ0v) is 16.6. The van der Waals surface area contributed by atoms with Gasteiger partial charge in [0.05, 0.1) is 6.42 Å². The molecular formula is C24H25N3O3. The minimum atomic E-state index is -0.820. The number of aromatic nitrogens is 1. The summed E-state index contributed by atoms with van der Waals surface area (Å²) in [5.74, 6) is -0.305. The van der Waals surface area contributed by atoms with Crippen LogP contribution in [0.2, 0.25) is 0 Å². The summed E-state index contributed by atoms with van der Waals surface area (Å²) in [6.45, 7) is 1.06. The Balaban J connectivity index is 1.52. The van der Waals surface area contributed by atoms with Crippen molar-refractivity contribution in [2.45, 2.75) is 18.8 Å². The number of anilines is 1. The molecule has 2 aromatic carbocycles. The van der Waals surface area contributed by atoms with E-state index in [1.165, 1.54) is 0 Å². The van der Waals surface area contributed by atoms with Crippen LogP contribution in [0.3, 0.4) is 0 Å². The summed E-state index contributed by atoms with van der Waals surface area (Å²) in [7, 11) is 0. The number of hydrogen-bond acceptors (Lipinski definition) is 4. The number of pyridine rings is 1. The number of carboxylic acid groups (broad SMARTS) is 1. The molecule has 0 fully saturated rings. The molecule has 0 bridgehead atoms. The molecule has 154 valence electrons. The van der Waals surface area contributed by atoms with Gasteiger partial charge in [0.15, 0.2) is 0 Å². The first-order valence-electron chi connectivity index (χ1n) is 9.90. The van der Waals surface area contributed by atoms with Gasteiger partial charge in [0.25, 0.3) is 5.91 Å². The van der Waals surface area contributed by atoms with E-state index in [4.69, 9.17) is 0 Å². The largest absolute Gasteiger partial charge is 0.481 e. The molecule has 1 heterocycles. The van der Waals surface area contributed by atoms with E-state index in [0.717, 1.165) is 16.9 Å². The Morgan fingerprint density at radius 1 is 0.900 bits per heavy atom. The third-order valence-electron chi connectivity index (χ3n) is 4.77. The van der Waals surface area contributed by atoms with Crippen molar-refractivity contribution in [2.75, 3.05) is 18.4 Å². The Morgan fingerprint density at radius 3 is 2.30 bits per heavy atom. The van der Waals surface area contributed by atoms with Gasteiger partial charge < -0.3 is 15.7 Å². The summed E-state index contributed by atoms with van der Waals surface area (Å²) in [6.07, 6.45) is 2.38. The fourth-order valence-corrected chi connectivity index (χ4v) is 3.26. The molecule has 0 aliphatic carbocycles. The Bertz CT molecular complexity index is 944. The van der Waals surface area contributed by atoms with Crippen molar-refractivity contribution in [3.63, 3.8) is 0 Å². The molecule has 0 spiro atoms. The van der Waals surface area contributed by atoms with Crippen LogP contribution in [-0.2, 0) is 11.2 Å². The minimum absolute atomic E-state index is 0.0650. The molecule has 1 unspecified atom stereocenters. The Kier molecular flexibility index (Phi) is 7.55. The number of carbonyl (C=O) groups is 2. The summed E-state index contributed by atoms with van der Waals surface area (Å²) in [5.41, 5.74) is 2.58. The highest BCUT2D eigenvalue weighted by molar-refractivity contribution is 5.94. The molecule has 0 saturated carbocycles. The Hall–Kier alpha value is -3.67. The number of hydrogen-bond donors (Lipinski definition) is 3. The molecule has 6 nitrogen and oxygen atoms in total. The summed E-state index contributed by atoms with van der Waals surface area (Å²) in [6, 6.07) is 22.6. The van der Waals surface area contributed by atoms with E-state index in [-0.39, 0.29) is 18.2 Å². The molecule has 3 rings (SSSR count). The van der Waals surface area contributed by atoms with Crippen molar-refractivity contribution < 1.29 is 14.7 Å². The van der Waals surface area contributed by atoms with E-state index in [1.807, 2.05) is 60.7 Å². The SMILES string of the molecule is O=C(O)CC(Cc1ccc(C(=O)NCCNc2ccccn2)cc1)c1ccccc1. The van der Waals surface area contributed by atoms with Crippen LogP contribution in [0, 0.1) is 0 Å². The topological polar surface area (TPSA) is 91.3 Å². The average molecular weight is 403 g/mol. The van der Waals surface area contributed by atoms with Crippen LogP contribution in [0.1, 0.15) is 33.8 Å². The minimum Gasteiger partial charge on any atom is -0.481 e. The van der Waals surface area contributed by atoms with E-state index in [2.05, 4.69) is 15.6 Å². The maximum absolute atomic E-state index is 12.3. The van der Waals surface area contributed by atoms with Gasteiger partial charge in [0, 0.05) is 24.8 Å². The quantitative estimate of drug-likeness (QED) is 0.449. The molecule has 1 amide bonds. The first-order chi connectivity index (χ1) is 14.6. The molecule has 3 N–H and O–H groups in total.